The lowest BCUT2D eigenvalue weighted by Gasteiger charge is -2.05. The number of amides is 1. The molecule has 8 heteroatoms. The van der Waals surface area contributed by atoms with Crippen molar-refractivity contribution in [1.29, 1.82) is 0 Å². The number of phenols is 1. The number of carbonyl (C=O) groups is 1. The Kier molecular flexibility index (Phi) is 4.29. The van der Waals surface area contributed by atoms with Crippen LogP contribution in [-0.4, -0.2) is 37.2 Å². The first-order valence-corrected chi connectivity index (χ1v) is 8.09. The molecule has 1 amide bonds. The minimum absolute atomic E-state index is 0.0177. The van der Waals surface area contributed by atoms with Crippen molar-refractivity contribution < 1.29 is 18.3 Å². The maximum atomic E-state index is 11.7. The molecule has 20 heavy (non-hydrogen) atoms. The molecule has 0 unspecified atom stereocenters. The van der Waals surface area contributed by atoms with Gasteiger partial charge in [0.1, 0.15) is 5.75 Å². The molecule has 1 aliphatic heterocycles. The molecule has 0 radical (unpaired) electrons. The molecule has 2 N–H and O–H groups in total. The molecule has 1 fully saturated rings. The zero-order valence-electron chi connectivity index (χ0n) is 10.4. The van der Waals surface area contributed by atoms with E-state index in [0.717, 1.165) is 0 Å². The molecule has 1 atom stereocenters. The first-order chi connectivity index (χ1) is 9.37. The number of hydrogen-bond donors (Lipinski definition) is 2. The average molecular weight is 317 g/mol. The number of carbonyl (C=O) groups excluding carboxylic acids is 1. The third-order valence-electron chi connectivity index (χ3n) is 2.97. The van der Waals surface area contributed by atoms with Gasteiger partial charge < -0.3 is 5.11 Å². The first kappa shape index (κ1) is 14.8. The van der Waals surface area contributed by atoms with Gasteiger partial charge in [-0.2, -0.15) is 5.10 Å². The van der Waals surface area contributed by atoms with E-state index in [1.807, 2.05) is 0 Å². The third kappa shape index (κ3) is 3.71. The number of sulfone groups is 1. The van der Waals surface area contributed by atoms with E-state index in [1.165, 1.54) is 24.4 Å². The van der Waals surface area contributed by atoms with Gasteiger partial charge in [0.05, 0.1) is 23.6 Å². The smallest absolute Gasteiger partial charge is 0.244 e. The molecule has 0 spiro atoms. The summed E-state index contributed by atoms with van der Waals surface area (Å²) < 4.78 is 22.5. The molecule has 0 bridgehead atoms. The number of nitrogens with one attached hydrogen (secondary N) is 1. The van der Waals surface area contributed by atoms with Crippen LogP contribution in [0.2, 0.25) is 5.02 Å². The van der Waals surface area contributed by atoms with Crippen LogP contribution in [0.25, 0.3) is 0 Å². The quantitative estimate of drug-likeness (QED) is 0.640. The van der Waals surface area contributed by atoms with Crippen molar-refractivity contribution in [3.8, 4) is 5.75 Å². The molecular weight excluding hydrogens is 304 g/mol. The van der Waals surface area contributed by atoms with E-state index in [9.17, 15) is 18.3 Å². The van der Waals surface area contributed by atoms with Crippen molar-refractivity contribution in [3.63, 3.8) is 0 Å². The van der Waals surface area contributed by atoms with Crippen LogP contribution in [0.3, 0.4) is 0 Å². The zero-order valence-corrected chi connectivity index (χ0v) is 12.0. The normalized spacial score (nSPS) is 21.1. The SMILES string of the molecule is O=C(N/N=C/c1cc(Cl)ccc1O)[C@H]1CCS(=O)(=O)C1. The van der Waals surface area contributed by atoms with Crippen molar-refractivity contribution >= 4 is 33.6 Å². The van der Waals surface area contributed by atoms with E-state index < -0.39 is 21.7 Å². The molecule has 1 aromatic rings. The summed E-state index contributed by atoms with van der Waals surface area (Å²) in [6.45, 7) is 0. The zero-order chi connectivity index (χ0) is 14.8. The van der Waals surface area contributed by atoms with Gasteiger partial charge in [0, 0.05) is 10.6 Å². The number of nitrogens with zero attached hydrogens (tertiary/aromatic N) is 1. The second-order valence-electron chi connectivity index (χ2n) is 4.54. The van der Waals surface area contributed by atoms with Gasteiger partial charge in [-0.15, -0.1) is 0 Å². The van der Waals surface area contributed by atoms with Gasteiger partial charge in [0.2, 0.25) is 5.91 Å². The van der Waals surface area contributed by atoms with Gasteiger partial charge >= 0.3 is 0 Å². The summed E-state index contributed by atoms with van der Waals surface area (Å²) in [6.07, 6.45) is 1.56. The Morgan fingerprint density at radius 3 is 2.90 bits per heavy atom. The second-order valence-corrected chi connectivity index (χ2v) is 7.20. The van der Waals surface area contributed by atoms with E-state index in [4.69, 9.17) is 11.6 Å². The van der Waals surface area contributed by atoms with E-state index in [2.05, 4.69) is 10.5 Å². The fraction of sp³-hybridized carbons (Fsp3) is 0.333. The van der Waals surface area contributed by atoms with Gasteiger partial charge in [0.15, 0.2) is 9.84 Å². The highest BCUT2D eigenvalue weighted by Crippen LogP contribution is 2.20. The standard InChI is InChI=1S/C12H13ClN2O4S/c13-10-1-2-11(16)9(5-10)6-14-15-12(17)8-3-4-20(18,19)7-8/h1-2,5-6,8,16H,3-4,7H2,(H,15,17)/b14-6+/t8-/m0/s1. The largest absolute Gasteiger partial charge is 0.507 e. The first-order valence-electron chi connectivity index (χ1n) is 5.89. The summed E-state index contributed by atoms with van der Waals surface area (Å²) in [5.74, 6) is -1.13. The molecule has 1 heterocycles. The summed E-state index contributed by atoms with van der Waals surface area (Å²) in [6, 6.07) is 4.43. The molecule has 0 aromatic heterocycles. The minimum atomic E-state index is -3.10. The number of benzene rings is 1. The number of phenolic OH excluding ortho intramolecular Hbond substituents is 1. The molecule has 108 valence electrons. The minimum Gasteiger partial charge on any atom is -0.507 e. The summed E-state index contributed by atoms with van der Waals surface area (Å²) >= 11 is 5.77. The maximum absolute atomic E-state index is 11.7. The van der Waals surface area contributed by atoms with Crippen molar-refractivity contribution in [3.05, 3.63) is 28.8 Å². The van der Waals surface area contributed by atoms with Crippen LogP contribution < -0.4 is 5.43 Å². The summed E-state index contributed by atoms with van der Waals surface area (Å²) in [5.41, 5.74) is 2.63. The maximum Gasteiger partial charge on any atom is 0.244 e. The number of aromatic hydroxyl groups is 1. The molecule has 0 saturated carbocycles. The van der Waals surface area contributed by atoms with Gasteiger partial charge in [0.25, 0.3) is 0 Å². The van der Waals surface area contributed by atoms with Crippen molar-refractivity contribution in [2.75, 3.05) is 11.5 Å². The second kappa shape index (κ2) is 5.80. The highest BCUT2D eigenvalue weighted by molar-refractivity contribution is 7.91. The highest BCUT2D eigenvalue weighted by atomic mass is 35.5. The molecule has 1 aromatic carbocycles. The van der Waals surface area contributed by atoms with E-state index in [0.29, 0.717) is 17.0 Å². The van der Waals surface area contributed by atoms with Gasteiger partial charge in [-0.05, 0) is 24.6 Å². The number of rotatable bonds is 3. The monoisotopic (exact) mass is 316 g/mol. The fourth-order valence-electron chi connectivity index (χ4n) is 1.89. The van der Waals surface area contributed by atoms with Crippen molar-refractivity contribution in [2.45, 2.75) is 6.42 Å². The van der Waals surface area contributed by atoms with E-state index in [1.54, 1.807) is 0 Å². The topological polar surface area (TPSA) is 95.8 Å². The van der Waals surface area contributed by atoms with Gasteiger partial charge in [-0.3, -0.25) is 4.79 Å². The molecule has 1 aliphatic rings. The number of hydrazone groups is 1. The van der Waals surface area contributed by atoms with Crippen LogP contribution in [0.1, 0.15) is 12.0 Å². The third-order valence-corrected chi connectivity index (χ3v) is 4.97. The van der Waals surface area contributed by atoms with Crippen molar-refractivity contribution in [2.24, 2.45) is 11.0 Å². The Morgan fingerprint density at radius 2 is 2.25 bits per heavy atom. The molecule has 6 nitrogen and oxygen atoms in total. The van der Waals surface area contributed by atoms with E-state index in [-0.39, 0.29) is 17.3 Å². The summed E-state index contributed by atoms with van der Waals surface area (Å²) in [5, 5.41) is 13.7. The lowest BCUT2D eigenvalue weighted by molar-refractivity contribution is -0.124. The average Bonchev–Trinajstić information content (AvgIpc) is 2.74. The van der Waals surface area contributed by atoms with Crippen LogP contribution in [0, 0.1) is 5.92 Å². The molecule has 0 aliphatic carbocycles. The fourth-order valence-corrected chi connectivity index (χ4v) is 3.81. The Bertz CT molecular complexity index is 657. The summed E-state index contributed by atoms with van der Waals surface area (Å²) in [7, 11) is -3.10. The van der Waals surface area contributed by atoms with Gasteiger partial charge in [-0.1, -0.05) is 11.6 Å². The summed E-state index contributed by atoms with van der Waals surface area (Å²) in [4.78, 5) is 11.7. The van der Waals surface area contributed by atoms with E-state index >= 15 is 0 Å². The van der Waals surface area contributed by atoms with Crippen LogP contribution in [0.4, 0.5) is 0 Å². The molecular formula is C12H13ClN2O4S. The van der Waals surface area contributed by atoms with Gasteiger partial charge in [-0.25, -0.2) is 13.8 Å². The van der Waals surface area contributed by atoms with Crippen LogP contribution in [-0.2, 0) is 14.6 Å². The van der Waals surface area contributed by atoms with Crippen molar-refractivity contribution in [1.82, 2.24) is 5.43 Å². The van der Waals surface area contributed by atoms with Crippen LogP contribution in [0.15, 0.2) is 23.3 Å². The van der Waals surface area contributed by atoms with Crippen LogP contribution in [0.5, 0.6) is 5.75 Å². The number of hydrogen-bond acceptors (Lipinski definition) is 5. The predicted octanol–water partition coefficient (Wildman–Crippen LogP) is 0.930. The molecule has 1 saturated heterocycles. The lowest BCUT2D eigenvalue weighted by atomic mass is 10.1. The highest BCUT2D eigenvalue weighted by Gasteiger charge is 2.32. The predicted molar refractivity (Wildman–Crippen MR) is 75.6 cm³/mol. The Morgan fingerprint density at radius 1 is 1.50 bits per heavy atom. The Labute approximate surface area is 121 Å². The molecule has 2 rings (SSSR count). The number of halogens is 1. The Hall–Kier alpha value is -1.60. The lowest BCUT2D eigenvalue weighted by Crippen LogP contribution is -2.27. The van der Waals surface area contributed by atoms with Crippen LogP contribution >= 0.6 is 11.6 Å². The Balaban J connectivity index is 1.97.